The molecule has 248 valence electrons. The number of allylic oxidation sites excluding steroid dienone is 1. The number of ether oxygens (including phenoxy) is 1. The maximum atomic E-state index is 12.5. The Kier molecular flexibility index (Phi) is 33.1. The summed E-state index contributed by atoms with van der Waals surface area (Å²) >= 11 is 0. The molecule has 0 saturated carbocycles. The Morgan fingerprint density at radius 2 is 0.905 bits per heavy atom. The molecular weight excluding hydrogens is 520 g/mol. The normalized spacial score (nSPS) is 12.2. The van der Waals surface area contributed by atoms with E-state index in [9.17, 15) is 9.59 Å². The molecule has 0 aromatic carbocycles. The molecule has 1 unspecified atom stereocenters. The Balaban J connectivity index is 3.90. The van der Waals surface area contributed by atoms with Crippen molar-refractivity contribution in [3.8, 4) is 0 Å². The van der Waals surface area contributed by atoms with Crippen LogP contribution in [-0.4, -0.2) is 23.1 Å². The van der Waals surface area contributed by atoms with Gasteiger partial charge in [-0.05, 0) is 44.6 Å². The van der Waals surface area contributed by atoms with Gasteiger partial charge in [0.2, 0.25) is 0 Å². The molecule has 0 spiro atoms. The van der Waals surface area contributed by atoms with Crippen molar-refractivity contribution in [1.29, 1.82) is 0 Å². The smallest absolute Gasteiger partial charge is 0.306 e. The third-order valence-electron chi connectivity index (χ3n) is 8.47. The van der Waals surface area contributed by atoms with E-state index in [4.69, 9.17) is 9.84 Å². The van der Waals surface area contributed by atoms with Crippen LogP contribution in [0.25, 0.3) is 0 Å². The van der Waals surface area contributed by atoms with Gasteiger partial charge >= 0.3 is 11.9 Å². The monoisotopic (exact) mass is 593 g/mol. The van der Waals surface area contributed by atoms with Gasteiger partial charge < -0.3 is 9.84 Å². The van der Waals surface area contributed by atoms with E-state index in [1.165, 1.54) is 135 Å². The molecule has 0 aliphatic rings. The lowest BCUT2D eigenvalue weighted by Gasteiger charge is -2.15. The van der Waals surface area contributed by atoms with Gasteiger partial charge in [0.15, 0.2) is 0 Å². The number of esters is 1. The van der Waals surface area contributed by atoms with Gasteiger partial charge in [0.25, 0.3) is 0 Å². The number of aliphatic carboxylic acids is 1. The molecule has 0 rings (SSSR count). The van der Waals surface area contributed by atoms with E-state index in [0.29, 0.717) is 6.42 Å². The quantitative estimate of drug-likeness (QED) is 0.0458. The first-order valence-corrected chi connectivity index (χ1v) is 18.7. The summed E-state index contributed by atoms with van der Waals surface area (Å²) in [6.45, 7) is 4.53. The van der Waals surface area contributed by atoms with Gasteiger partial charge in [-0.3, -0.25) is 9.59 Å². The molecule has 0 amide bonds. The summed E-state index contributed by atoms with van der Waals surface area (Å²) in [6.07, 6.45) is 41.0. The van der Waals surface area contributed by atoms with Crippen LogP contribution in [0.4, 0.5) is 0 Å². The highest BCUT2D eigenvalue weighted by molar-refractivity contribution is 5.69. The van der Waals surface area contributed by atoms with Gasteiger partial charge in [0.05, 0.1) is 0 Å². The minimum absolute atomic E-state index is 0.0592. The van der Waals surface area contributed by atoms with E-state index in [1.54, 1.807) is 0 Å². The number of hydrogen-bond acceptors (Lipinski definition) is 3. The second kappa shape index (κ2) is 34.2. The fraction of sp³-hybridized carbons (Fsp3) is 0.895. The van der Waals surface area contributed by atoms with E-state index in [2.05, 4.69) is 26.0 Å². The van der Waals surface area contributed by atoms with Crippen molar-refractivity contribution in [2.45, 2.75) is 219 Å². The first kappa shape index (κ1) is 40.7. The van der Waals surface area contributed by atoms with Gasteiger partial charge in [-0.2, -0.15) is 0 Å². The summed E-state index contributed by atoms with van der Waals surface area (Å²) < 4.78 is 5.86. The Bertz CT molecular complexity index is 600. The molecule has 0 aliphatic heterocycles. The topological polar surface area (TPSA) is 63.6 Å². The van der Waals surface area contributed by atoms with Crippen LogP contribution in [0.3, 0.4) is 0 Å². The average molecular weight is 593 g/mol. The maximum absolute atomic E-state index is 12.5. The van der Waals surface area contributed by atoms with Crippen LogP contribution < -0.4 is 0 Å². The highest BCUT2D eigenvalue weighted by Gasteiger charge is 2.11. The van der Waals surface area contributed by atoms with E-state index >= 15 is 0 Å². The fourth-order valence-electron chi connectivity index (χ4n) is 5.68. The second-order valence-corrected chi connectivity index (χ2v) is 12.8. The average Bonchev–Trinajstić information content (AvgIpc) is 2.97. The number of rotatable bonds is 34. The Morgan fingerprint density at radius 3 is 1.36 bits per heavy atom. The van der Waals surface area contributed by atoms with Crippen molar-refractivity contribution in [2.75, 3.05) is 0 Å². The molecule has 0 heterocycles. The third kappa shape index (κ3) is 33.2. The predicted octanol–water partition coefficient (Wildman–Crippen LogP) is 12.7. The van der Waals surface area contributed by atoms with Crippen LogP contribution in [0.2, 0.25) is 0 Å². The number of carboxylic acids is 1. The van der Waals surface area contributed by atoms with Gasteiger partial charge in [-0.1, -0.05) is 168 Å². The van der Waals surface area contributed by atoms with E-state index < -0.39 is 5.97 Å². The van der Waals surface area contributed by atoms with Gasteiger partial charge in [0.1, 0.15) is 6.10 Å². The minimum atomic E-state index is -0.719. The molecular formula is C38H72O4. The van der Waals surface area contributed by atoms with Crippen molar-refractivity contribution >= 4 is 11.9 Å². The lowest BCUT2D eigenvalue weighted by atomic mass is 10.0. The highest BCUT2D eigenvalue weighted by atomic mass is 16.5. The number of hydrogen-bond donors (Lipinski definition) is 1. The van der Waals surface area contributed by atoms with Gasteiger partial charge in [-0.25, -0.2) is 0 Å². The van der Waals surface area contributed by atoms with Crippen molar-refractivity contribution in [2.24, 2.45) is 0 Å². The van der Waals surface area contributed by atoms with Crippen molar-refractivity contribution in [1.82, 2.24) is 0 Å². The van der Waals surface area contributed by atoms with Crippen LogP contribution in [0.5, 0.6) is 0 Å². The Morgan fingerprint density at radius 1 is 0.524 bits per heavy atom. The van der Waals surface area contributed by atoms with Crippen molar-refractivity contribution < 1.29 is 19.4 Å². The molecule has 0 saturated heterocycles. The molecule has 4 heteroatoms. The maximum Gasteiger partial charge on any atom is 0.306 e. The second-order valence-electron chi connectivity index (χ2n) is 12.8. The van der Waals surface area contributed by atoms with Crippen LogP contribution in [0.1, 0.15) is 213 Å². The van der Waals surface area contributed by atoms with E-state index in [0.717, 1.165) is 51.4 Å². The van der Waals surface area contributed by atoms with Crippen molar-refractivity contribution in [3.05, 3.63) is 12.2 Å². The first-order chi connectivity index (χ1) is 20.6. The molecule has 0 bridgehead atoms. The molecule has 42 heavy (non-hydrogen) atoms. The van der Waals surface area contributed by atoms with Crippen LogP contribution in [-0.2, 0) is 14.3 Å². The number of carbonyl (C=O) groups is 2. The Labute approximate surface area is 262 Å². The standard InChI is InChI=1S/C38H72O4/c1-3-5-7-9-11-13-14-15-16-17-18-19-20-21-23-25-31-35-38(41)42-36(33-29-26-27-30-34-37(39)40)32-28-24-22-12-10-8-6-4-2/h28,32,36H,3-27,29-31,33-35H2,1-2H3,(H,39,40)/b32-28-. The summed E-state index contributed by atoms with van der Waals surface area (Å²) in [6, 6.07) is 0. The largest absolute Gasteiger partial charge is 0.481 e. The van der Waals surface area contributed by atoms with E-state index in [1.807, 2.05) is 0 Å². The van der Waals surface area contributed by atoms with Gasteiger partial charge in [-0.15, -0.1) is 0 Å². The van der Waals surface area contributed by atoms with Crippen molar-refractivity contribution in [3.63, 3.8) is 0 Å². The number of carbonyl (C=O) groups excluding carboxylic acids is 1. The third-order valence-corrected chi connectivity index (χ3v) is 8.47. The number of unbranched alkanes of at least 4 members (excludes halogenated alkanes) is 25. The summed E-state index contributed by atoms with van der Waals surface area (Å²) in [5, 5.41) is 8.81. The molecule has 0 aromatic heterocycles. The zero-order valence-corrected chi connectivity index (χ0v) is 28.3. The zero-order chi connectivity index (χ0) is 30.8. The van der Waals surface area contributed by atoms with Crippen LogP contribution >= 0.6 is 0 Å². The molecule has 0 fully saturated rings. The summed E-state index contributed by atoms with van der Waals surface area (Å²) in [5.41, 5.74) is 0. The Hall–Kier alpha value is -1.32. The minimum Gasteiger partial charge on any atom is -0.481 e. The number of carboxylic acid groups (broad SMARTS) is 1. The summed E-state index contributed by atoms with van der Waals surface area (Å²) in [5.74, 6) is -0.778. The summed E-state index contributed by atoms with van der Waals surface area (Å²) in [4.78, 5) is 23.2. The van der Waals surface area contributed by atoms with Gasteiger partial charge in [0, 0.05) is 12.8 Å². The molecule has 1 atom stereocenters. The molecule has 0 aliphatic carbocycles. The SMILES string of the molecule is CCCCCCCC/C=C\C(CCCCCCC(=O)O)OC(=O)CCCCCCCCCCCCCCCCCCC. The zero-order valence-electron chi connectivity index (χ0n) is 28.3. The fourth-order valence-corrected chi connectivity index (χ4v) is 5.68. The highest BCUT2D eigenvalue weighted by Crippen LogP contribution is 2.16. The van der Waals surface area contributed by atoms with E-state index in [-0.39, 0.29) is 18.5 Å². The lowest BCUT2D eigenvalue weighted by Crippen LogP contribution is -2.16. The lowest BCUT2D eigenvalue weighted by molar-refractivity contribution is -0.147. The van der Waals surface area contributed by atoms with Crippen LogP contribution in [0.15, 0.2) is 12.2 Å². The molecule has 1 N–H and O–H groups in total. The molecule has 4 nitrogen and oxygen atoms in total. The predicted molar refractivity (Wildman–Crippen MR) is 181 cm³/mol. The molecule has 0 aromatic rings. The summed E-state index contributed by atoms with van der Waals surface area (Å²) in [7, 11) is 0. The van der Waals surface area contributed by atoms with Crippen LogP contribution in [0, 0.1) is 0 Å². The molecule has 0 radical (unpaired) electrons. The first-order valence-electron chi connectivity index (χ1n) is 18.7.